The van der Waals surface area contributed by atoms with Gasteiger partial charge in [0, 0.05) is 6.54 Å². The highest BCUT2D eigenvalue weighted by molar-refractivity contribution is 6.33. The molecule has 0 heterocycles. The summed E-state index contributed by atoms with van der Waals surface area (Å²) in [6.07, 6.45) is 0. The summed E-state index contributed by atoms with van der Waals surface area (Å²) in [6.45, 7) is 2.51. The lowest BCUT2D eigenvalue weighted by Crippen LogP contribution is -2.28. The van der Waals surface area contributed by atoms with Gasteiger partial charge < -0.3 is 10.6 Å². The van der Waals surface area contributed by atoms with E-state index in [2.05, 4.69) is 10.6 Å². The fraction of sp³-hybridized carbons (Fsp3) is 0.133. The Kier molecular flexibility index (Phi) is 4.42. The Hall–Kier alpha value is -2.00. The molecule has 98 valence electrons. The SMILES string of the molecule is Cc1cccc(CNC(=O)Nc2ccccc2Cl)c1. The third-order valence-electron chi connectivity index (χ3n) is 2.66. The predicted molar refractivity (Wildman–Crippen MR) is 78.5 cm³/mol. The molecule has 2 amide bonds. The molecular weight excluding hydrogens is 260 g/mol. The number of hydrogen-bond donors (Lipinski definition) is 2. The molecule has 2 aromatic rings. The van der Waals surface area contributed by atoms with Crippen molar-refractivity contribution in [3.8, 4) is 0 Å². The van der Waals surface area contributed by atoms with Crippen LogP contribution in [-0.2, 0) is 6.54 Å². The Bertz CT molecular complexity index is 584. The van der Waals surface area contributed by atoms with Crippen LogP contribution in [0.1, 0.15) is 11.1 Å². The van der Waals surface area contributed by atoms with E-state index in [1.807, 2.05) is 43.3 Å². The minimum atomic E-state index is -0.269. The van der Waals surface area contributed by atoms with Crippen LogP contribution in [0.15, 0.2) is 48.5 Å². The number of para-hydroxylation sites is 1. The fourth-order valence-corrected chi connectivity index (χ4v) is 1.92. The van der Waals surface area contributed by atoms with E-state index < -0.39 is 0 Å². The van der Waals surface area contributed by atoms with Gasteiger partial charge >= 0.3 is 6.03 Å². The molecule has 0 unspecified atom stereocenters. The van der Waals surface area contributed by atoms with Gasteiger partial charge in [-0.05, 0) is 24.6 Å². The Labute approximate surface area is 117 Å². The molecule has 2 rings (SSSR count). The minimum absolute atomic E-state index is 0.269. The van der Waals surface area contributed by atoms with Crippen molar-refractivity contribution in [1.82, 2.24) is 5.32 Å². The first-order chi connectivity index (χ1) is 9.15. The Balaban J connectivity index is 1.90. The molecule has 0 aliphatic carbocycles. The molecule has 0 aliphatic heterocycles. The lowest BCUT2D eigenvalue weighted by Gasteiger charge is -2.09. The Morgan fingerprint density at radius 2 is 1.95 bits per heavy atom. The van der Waals surface area contributed by atoms with Crippen molar-refractivity contribution in [1.29, 1.82) is 0 Å². The number of anilines is 1. The molecule has 0 spiro atoms. The molecule has 4 heteroatoms. The van der Waals surface area contributed by atoms with Crippen LogP contribution in [0.4, 0.5) is 10.5 Å². The molecule has 0 aliphatic rings. The van der Waals surface area contributed by atoms with Crippen LogP contribution in [0.2, 0.25) is 5.02 Å². The number of nitrogens with one attached hydrogen (secondary N) is 2. The summed E-state index contributed by atoms with van der Waals surface area (Å²) in [5.74, 6) is 0. The zero-order valence-electron chi connectivity index (χ0n) is 10.6. The van der Waals surface area contributed by atoms with Gasteiger partial charge in [-0.25, -0.2) is 4.79 Å². The standard InChI is InChI=1S/C15H15ClN2O/c1-11-5-4-6-12(9-11)10-17-15(19)18-14-8-3-2-7-13(14)16/h2-9H,10H2,1H3,(H2,17,18,19). The van der Waals surface area contributed by atoms with Crippen LogP contribution in [0.3, 0.4) is 0 Å². The number of urea groups is 1. The second-order valence-corrected chi connectivity index (χ2v) is 4.68. The first-order valence-electron chi connectivity index (χ1n) is 6.00. The number of aryl methyl sites for hydroxylation is 1. The van der Waals surface area contributed by atoms with Crippen LogP contribution < -0.4 is 10.6 Å². The summed E-state index contributed by atoms with van der Waals surface area (Å²) in [4.78, 5) is 11.7. The largest absolute Gasteiger partial charge is 0.334 e. The highest BCUT2D eigenvalue weighted by atomic mass is 35.5. The lowest BCUT2D eigenvalue weighted by molar-refractivity contribution is 0.251. The van der Waals surface area contributed by atoms with Crippen molar-refractivity contribution in [3.63, 3.8) is 0 Å². The minimum Gasteiger partial charge on any atom is -0.334 e. The van der Waals surface area contributed by atoms with Crippen molar-refractivity contribution >= 4 is 23.3 Å². The summed E-state index contributed by atoms with van der Waals surface area (Å²) < 4.78 is 0. The number of carbonyl (C=O) groups is 1. The number of rotatable bonds is 3. The van der Waals surface area contributed by atoms with Gasteiger partial charge in [-0.2, -0.15) is 0 Å². The summed E-state index contributed by atoms with van der Waals surface area (Å²) in [5.41, 5.74) is 2.84. The van der Waals surface area contributed by atoms with Crippen molar-refractivity contribution in [2.24, 2.45) is 0 Å². The Morgan fingerprint density at radius 1 is 1.16 bits per heavy atom. The van der Waals surface area contributed by atoms with Crippen LogP contribution in [0.5, 0.6) is 0 Å². The fourth-order valence-electron chi connectivity index (χ4n) is 1.73. The van der Waals surface area contributed by atoms with Crippen molar-refractivity contribution < 1.29 is 4.79 Å². The van der Waals surface area contributed by atoms with E-state index in [1.165, 1.54) is 5.56 Å². The molecular formula is C15H15ClN2O. The van der Waals surface area contributed by atoms with Crippen LogP contribution in [0.25, 0.3) is 0 Å². The average Bonchev–Trinajstić information content (AvgIpc) is 2.39. The molecule has 0 atom stereocenters. The maximum absolute atomic E-state index is 11.7. The summed E-state index contributed by atoms with van der Waals surface area (Å²) in [7, 11) is 0. The normalized spacial score (nSPS) is 10.0. The molecule has 0 bridgehead atoms. The van der Waals surface area contributed by atoms with E-state index in [0.717, 1.165) is 5.56 Å². The smallest absolute Gasteiger partial charge is 0.319 e. The molecule has 2 aromatic carbocycles. The quantitative estimate of drug-likeness (QED) is 0.874. The number of hydrogen-bond acceptors (Lipinski definition) is 1. The molecule has 0 aromatic heterocycles. The zero-order valence-corrected chi connectivity index (χ0v) is 11.4. The molecule has 2 N–H and O–H groups in total. The van der Waals surface area contributed by atoms with Crippen molar-refractivity contribution in [2.45, 2.75) is 13.5 Å². The van der Waals surface area contributed by atoms with Gasteiger partial charge in [0.1, 0.15) is 0 Å². The Morgan fingerprint density at radius 3 is 2.68 bits per heavy atom. The summed E-state index contributed by atoms with van der Waals surface area (Å²) in [5, 5.41) is 6.03. The van der Waals surface area contributed by atoms with Gasteiger partial charge in [-0.15, -0.1) is 0 Å². The second kappa shape index (κ2) is 6.25. The monoisotopic (exact) mass is 274 g/mol. The van der Waals surface area contributed by atoms with Gasteiger partial charge in [0.05, 0.1) is 10.7 Å². The van der Waals surface area contributed by atoms with E-state index in [-0.39, 0.29) is 6.03 Å². The number of halogens is 1. The van der Waals surface area contributed by atoms with E-state index in [0.29, 0.717) is 17.3 Å². The maximum Gasteiger partial charge on any atom is 0.319 e. The van der Waals surface area contributed by atoms with E-state index in [1.54, 1.807) is 12.1 Å². The number of benzene rings is 2. The van der Waals surface area contributed by atoms with E-state index in [4.69, 9.17) is 11.6 Å². The predicted octanol–water partition coefficient (Wildman–Crippen LogP) is 3.97. The third-order valence-corrected chi connectivity index (χ3v) is 2.99. The molecule has 0 saturated carbocycles. The second-order valence-electron chi connectivity index (χ2n) is 4.28. The van der Waals surface area contributed by atoms with Crippen LogP contribution in [0, 0.1) is 6.92 Å². The van der Waals surface area contributed by atoms with Gasteiger partial charge in [-0.3, -0.25) is 0 Å². The summed E-state index contributed by atoms with van der Waals surface area (Å²) >= 11 is 5.96. The number of amides is 2. The van der Waals surface area contributed by atoms with Gasteiger partial charge in [0.15, 0.2) is 0 Å². The van der Waals surface area contributed by atoms with Gasteiger partial charge in [0.2, 0.25) is 0 Å². The highest BCUT2D eigenvalue weighted by Gasteiger charge is 2.04. The molecule has 0 fully saturated rings. The van der Waals surface area contributed by atoms with Crippen molar-refractivity contribution in [3.05, 3.63) is 64.7 Å². The maximum atomic E-state index is 11.7. The molecule has 0 saturated heterocycles. The molecule has 0 radical (unpaired) electrons. The molecule has 19 heavy (non-hydrogen) atoms. The summed E-state index contributed by atoms with van der Waals surface area (Å²) in [6, 6.07) is 14.9. The average molecular weight is 275 g/mol. The lowest BCUT2D eigenvalue weighted by atomic mass is 10.1. The topological polar surface area (TPSA) is 41.1 Å². The van der Waals surface area contributed by atoms with Crippen LogP contribution >= 0.6 is 11.6 Å². The van der Waals surface area contributed by atoms with Crippen LogP contribution in [-0.4, -0.2) is 6.03 Å². The van der Waals surface area contributed by atoms with E-state index in [9.17, 15) is 4.79 Å². The molecule has 3 nitrogen and oxygen atoms in total. The van der Waals surface area contributed by atoms with Gasteiger partial charge in [-0.1, -0.05) is 53.6 Å². The highest BCUT2D eigenvalue weighted by Crippen LogP contribution is 2.20. The third kappa shape index (κ3) is 4.00. The number of carbonyl (C=O) groups excluding carboxylic acids is 1. The van der Waals surface area contributed by atoms with Gasteiger partial charge in [0.25, 0.3) is 0 Å². The first-order valence-corrected chi connectivity index (χ1v) is 6.38. The zero-order chi connectivity index (χ0) is 13.7. The first kappa shape index (κ1) is 13.4. The van der Waals surface area contributed by atoms with Crippen molar-refractivity contribution in [2.75, 3.05) is 5.32 Å². The van der Waals surface area contributed by atoms with E-state index >= 15 is 0 Å².